The van der Waals surface area contributed by atoms with Gasteiger partial charge in [-0.05, 0) is 31.5 Å². The zero-order valence-corrected chi connectivity index (χ0v) is 8.98. The van der Waals surface area contributed by atoms with Gasteiger partial charge >= 0.3 is 0 Å². The van der Waals surface area contributed by atoms with Crippen LogP contribution in [0.25, 0.3) is 0 Å². The van der Waals surface area contributed by atoms with Crippen molar-refractivity contribution in [3.63, 3.8) is 0 Å². The lowest BCUT2D eigenvalue weighted by molar-refractivity contribution is 0.566. The SMILES string of the molecule is Cc1ccc([C@H](N)CCN)c(F)c1.Cl. The third-order valence-corrected chi connectivity index (χ3v) is 2.03. The van der Waals surface area contributed by atoms with Crippen LogP contribution in [0.1, 0.15) is 23.6 Å². The first-order valence-corrected chi connectivity index (χ1v) is 4.37. The van der Waals surface area contributed by atoms with Crippen LogP contribution in [0.15, 0.2) is 18.2 Å². The minimum atomic E-state index is -0.286. The summed E-state index contributed by atoms with van der Waals surface area (Å²) in [6.07, 6.45) is 0.611. The smallest absolute Gasteiger partial charge is 0.128 e. The standard InChI is InChI=1S/C10H15FN2.ClH/c1-7-2-3-8(9(11)6-7)10(13)4-5-12;/h2-3,6,10H,4-5,12-13H2,1H3;1H/t10-;/m1./s1. The van der Waals surface area contributed by atoms with E-state index in [1.54, 1.807) is 6.07 Å². The van der Waals surface area contributed by atoms with E-state index in [9.17, 15) is 4.39 Å². The number of hydrogen-bond acceptors (Lipinski definition) is 2. The molecule has 0 aliphatic rings. The second-order valence-corrected chi connectivity index (χ2v) is 3.21. The van der Waals surface area contributed by atoms with Crippen molar-refractivity contribution in [3.8, 4) is 0 Å². The van der Waals surface area contributed by atoms with Crippen molar-refractivity contribution in [2.75, 3.05) is 6.54 Å². The Hall–Kier alpha value is -0.640. The first kappa shape index (κ1) is 13.4. The summed E-state index contributed by atoms with van der Waals surface area (Å²) in [4.78, 5) is 0. The minimum absolute atomic E-state index is 0. The molecule has 1 rings (SSSR count). The summed E-state index contributed by atoms with van der Waals surface area (Å²) in [5.74, 6) is -0.235. The summed E-state index contributed by atoms with van der Waals surface area (Å²) in [5.41, 5.74) is 12.5. The molecule has 80 valence electrons. The van der Waals surface area contributed by atoms with Crippen molar-refractivity contribution in [2.45, 2.75) is 19.4 Å². The van der Waals surface area contributed by atoms with Gasteiger partial charge < -0.3 is 11.5 Å². The molecule has 0 aliphatic heterocycles. The molecule has 1 atom stereocenters. The van der Waals surface area contributed by atoms with E-state index >= 15 is 0 Å². The predicted molar refractivity (Wildman–Crippen MR) is 59.0 cm³/mol. The fourth-order valence-electron chi connectivity index (χ4n) is 1.27. The van der Waals surface area contributed by atoms with E-state index in [1.165, 1.54) is 6.07 Å². The van der Waals surface area contributed by atoms with Crippen molar-refractivity contribution in [1.29, 1.82) is 0 Å². The summed E-state index contributed by atoms with van der Waals surface area (Å²) in [6.45, 7) is 2.33. The molecule has 0 amide bonds. The van der Waals surface area contributed by atoms with Gasteiger partial charge in [-0.25, -0.2) is 4.39 Å². The first-order valence-electron chi connectivity index (χ1n) is 4.37. The molecular weight excluding hydrogens is 203 g/mol. The number of benzene rings is 1. The van der Waals surface area contributed by atoms with Gasteiger partial charge in [-0.15, -0.1) is 12.4 Å². The van der Waals surface area contributed by atoms with Crippen molar-refractivity contribution in [1.82, 2.24) is 0 Å². The van der Waals surface area contributed by atoms with Crippen LogP contribution in [0.5, 0.6) is 0 Å². The van der Waals surface area contributed by atoms with E-state index < -0.39 is 0 Å². The van der Waals surface area contributed by atoms with Gasteiger partial charge in [0.2, 0.25) is 0 Å². The molecule has 0 aromatic heterocycles. The van der Waals surface area contributed by atoms with Gasteiger partial charge in [0.15, 0.2) is 0 Å². The minimum Gasteiger partial charge on any atom is -0.330 e. The number of aryl methyl sites for hydroxylation is 1. The van der Waals surface area contributed by atoms with Gasteiger partial charge in [0, 0.05) is 11.6 Å². The second kappa shape index (κ2) is 5.96. The largest absolute Gasteiger partial charge is 0.330 e. The van der Waals surface area contributed by atoms with Gasteiger partial charge in [0.25, 0.3) is 0 Å². The molecule has 0 unspecified atom stereocenters. The number of hydrogen-bond donors (Lipinski definition) is 2. The van der Waals surface area contributed by atoms with E-state index in [-0.39, 0.29) is 24.3 Å². The molecule has 4 N–H and O–H groups in total. The van der Waals surface area contributed by atoms with E-state index in [0.717, 1.165) is 5.56 Å². The van der Waals surface area contributed by atoms with Crippen molar-refractivity contribution >= 4 is 12.4 Å². The quantitative estimate of drug-likeness (QED) is 0.814. The molecule has 0 saturated carbocycles. The highest BCUT2D eigenvalue weighted by Gasteiger charge is 2.09. The Labute approximate surface area is 89.9 Å². The molecule has 0 fully saturated rings. The van der Waals surface area contributed by atoms with Crippen LogP contribution in [0.3, 0.4) is 0 Å². The molecule has 4 heteroatoms. The average Bonchev–Trinajstić information content (AvgIpc) is 2.04. The molecular formula is C10H16ClFN2. The highest BCUT2D eigenvalue weighted by Crippen LogP contribution is 2.18. The highest BCUT2D eigenvalue weighted by atomic mass is 35.5. The molecule has 0 aliphatic carbocycles. The van der Waals surface area contributed by atoms with Crippen molar-refractivity contribution in [2.24, 2.45) is 11.5 Å². The molecule has 0 bridgehead atoms. The molecule has 0 heterocycles. The Bertz CT molecular complexity index is 291. The van der Waals surface area contributed by atoms with Crippen LogP contribution in [0.4, 0.5) is 4.39 Å². The summed E-state index contributed by atoms with van der Waals surface area (Å²) in [5, 5.41) is 0. The maximum atomic E-state index is 13.3. The Morgan fingerprint density at radius 3 is 2.57 bits per heavy atom. The van der Waals surface area contributed by atoms with Gasteiger partial charge in [0.05, 0.1) is 0 Å². The molecule has 0 radical (unpaired) electrons. The molecule has 1 aromatic carbocycles. The van der Waals surface area contributed by atoms with Crippen LogP contribution in [0, 0.1) is 12.7 Å². The third-order valence-electron chi connectivity index (χ3n) is 2.03. The summed E-state index contributed by atoms with van der Waals surface area (Å²) >= 11 is 0. The monoisotopic (exact) mass is 218 g/mol. The zero-order chi connectivity index (χ0) is 9.84. The Morgan fingerprint density at radius 1 is 1.43 bits per heavy atom. The van der Waals surface area contributed by atoms with E-state index in [0.29, 0.717) is 18.5 Å². The summed E-state index contributed by atoms with van der Waals surface area (Å²) in [7, 11) is 0. The van der Waals surface area contributed by atoms with Crippen LogP contribution in [0.2, 0.25) is 0 Å². The van der Waals surface area contributed by atoms with Gasteiger partial charge in [-0.2, -0.15) is 0 Å². The maximum absolute atomic E-state index is 13.3. The van der Waals surface area contributed by atoms with Crippen LogP contribution < -0.4 is 11.5 Å². The molecule has 0 spiro atoms. The fraction of sp³-hybridized carbons (Fsp3) is 0.400. The zero-order valence-electron chi connectivity index (χ0n) is 8.16. The molecule has 14 heavy (non-hydrogen) atoms. The Balaban J connectivity index is 0.00000169. The van der Waals surface area contributed by atoms with Gasteiger partial charge in [0.1, 0.15) is 5.82 Å². The molecule has 2 nitrogen and oxygen atoms in total. The lowest BCUT2D eigenvalue weighted by atomic mass is 10.0. The van der Waals surface area contributed by atoms with Crippen LogP contribution in [-0.2, 0) is 0 Å². The molecule has 1 aromatic rings. The first-order chi connectivity index (χ1) is 6.15. The fourth-order valence-corrected chi connectivity index (χ4v) is 1.27. The Kier molecular flexibility index (Phi) is 5.69. The number of halogens is 2. The topological polar surface area (TPSA) is 52.0 Å². The third kappa shape index (κ3) is 3.25. The lowest BCUT2D eigenvalue weighted by Crippen LogP contribution is -2.16. The van der Waals surface area contributed by atoms with E-state index in [4.69, 9.17) is 11.5 Å². The average molecular weight is 219 g/mol. The van der Waals surface area contributed by atoms with Crippen LogP contribution in [-0.4, -0.2) is 6.54 Å². The maximum Gasteiger partial charge on any atom is 0.128 e. The number of nitrogens with two attached hydrogens (primary N) is 2. The second-order valence-electron chi connectivity index (χ2n) is 3.21. The van der Waals surface area contributed by atoms with Crippen molar-refractivity contribution < 1.29 is 4.39 Å². The Morgan fingerprint density at radius 2 is 2.07 bits per heavy atom. The normalized spacial score (nSPS) is 12.0. The summed E-state index contributed by atoms with van der Waals surface area (Å²) < 4.78 is 13.3. The van der Waals surface area contributed by atoms with E-state index in [2.05, 4.69) is 0 Å². The predicted octanol–water partition coefficient (Wildman–Crippen LogP) is 1.90. The van der Waals surface area contributed by atoms with Crippen LogP contribution >= 0.6 is 12.4 Å². The van der Waals surface area contributed by atoms with E-state index in [1.807, 2.05) is 13.0 Å². The molecule has 0 saturated heterocycles. The highest BCUT2D eigenvalue weighted by molar-refractivity contribution is 5.85. The van der Waals surface area contributed by atoms with Crippen molar-refractivity contribution in [3.05, 3.63) is 35.1 Å². The van der Waals surface area contributed by atoms with Gasteiger partial charge in [-0.3, -0.25) is 0 Å². The van der Waals surface area contributed by atoms with Gasteiger partial charge in [-0.1, -0.05) is 12.1 Å². The lowest BCUT2D eigenvalue weighted by Gasteiger charge is -2.11. The number of rotatable bonds is 3. The summed E-state index contributed by atoms with van der Waals surface area (Å²) in [6, 6.07) is 4.79.